The molecule has 1 aliphatic rings. The van der Waals surface area contributed by atoms with Crippen LogP contribution in [-0.2, 0) is 14.3 Å². The molecule has 110 valence electrons. The smallest absolute Gasteiger partial charge is 0.127 e. The number of aldehydes is 1. The Morgan fingerprint density at radius 1 is 1.21 bits per heavy atom. The normalized spacial score (nSPS) is 28.7. The maximum absolute atomic E-state index is 11.1. The molecule has 1 aliphatic carbocycles. The minimum absolute atomic E-state index is 0.0186. The van der Waals surface area contributed by atoms with Crippen molar-refractivity contribution in [2.45, 2.75) is 65.3 Å². The Kier molecular flexibility index (Phi) is 4.97. The van der Waals surface area contributed by atoms with Gasteiger partial charge in [0.15, 0.2) is 0 Å². The Morgan fingerprint density at radius 2 is 1.79 bits per heavy atom. The van der Waals surface area contributed by atoms with E-state index in [1.54, 1.807) is 0 Å². The summed E-state index contributed by atoms with van der Waals surface area (Å²) >= 11 is 0. The Labute approximate surface area is 117 Å². The monoisotopic (exact) mass is 268 g/mol. The molecule has 0 aromatic carbocycles. The second-order valence-corrected chi connectivity index (χ2v) is 7.35. The highest BCUT2D eigenvalue weighted by Gasteiger charge is 2.40. The average Bonchev–Trinajstić information content (AvgIpc) is 2.48. The zero-order chi connectivity index (χ0) is 14.8. The van der Waals surface area contributed by atoms with Crippen molar-refractivity contribution in [3.05, 3.63) is 12.2 Å². The SMILES string of the molecule is C=C1C(C=O)CC(OC(C)(C)C)[C@H]1COC(C)(C)C. The second kappa shape index (κ2) is 5.76. The predicted octanol–water partition coefficient (Wildman–Crippen LogP) is 3.38. The molecule has 0 radical (unpaired) electrons. The molecule has 0 N–H and O–H groups in total. The third kappa shape index (κ3) is 5.07. The van der Waals surface area contributed by atoms with Crippen molar-refractivity contribution in [2.24, 2.45) is 11.8 Å². The summed E-state index contributed by atoms with van der Waals surface area (Å²) in [5.41, 5.74) is 0.544. The van der Waals surface area contributed by atoms with Gasteiger partial charge in [0.25, 0.3) is 0 Å². The van der Waals surface area contributed by atoms with Gasteiger partial charge in [-0.15, -0.1) is 0 Å². The van der Waals surface area contributed by atoms with Crippen LogP contribution in [0.5, 0.6) is 0 Å². The predicted molar refractivity (Wildman–Crippen MR) is 77.1 cm³/mol. The van der Waals surface area contributed by atoms with Gasteiger partial charge in [0, 0.05) is 11.8 Å². The Bertz CT molecular complexity index is 333. The topological polar surface area (TPSA) is 35.5 Å². The first-order valence-electron chi connectivity index (χ1n) is 6.99. The van der Waals surface area contributed by atoms with E-state index >= 15 is 0 Å². The molecule has 0 bridgehead atoms. The van der Waals surface area contributed by atoms with Crippen LogP contribution < -0.4 is 0 Å². The van der Waals surface area contributed by atoms with Crippen LogP contribution in [0.25, 0.3) is 0 Å². The summed E-state index contributed by atoms with van der Waals surface area (Å²) in [5.74, 6) is 0.00886. The van der Waals surface area contributed by atoms with Gasteiger partial charge in [0.1, 0.15) is 6.29 Å². The maximum atomic E-state index is 11.1. The van der Waals surface area contributed by atoms with Gasteiger partial charge in [-0.25, -0.2) is 0 Å². The molecule has 0 amide bonds. The summed E-state index contributed by atoms with van der Waals surface area (Å²) < 4.78 is 11.9. The molecule has 1 fully saturated rings. The quantitative estimate of drug-likeness (QED) is 0.579. The molecule has 1 saturated carbocycles. The number of hydrogen-bond acceptors (Lipinski definition) is 3. The highest BCUT2D eigenvalue weighted by molar-refractivity contribution is 5.60. The van der Waals surface area contributed by atoms with Crippen molar-refractivity contribution in [2.75, 3.05) is 6.61 Å². The molecule has 0 heterocycles. The molecule has 3 atom stereocenters. The lowest BCUT2D eigenvalue weighted by molar-refractivity contribution is -0.112. The molecule has 3 nitrogen and oxygen atoms in total. The van der Waals surface area contributed by atoms with E-state index in [-0.39, 0.29) is 29.1 Å². The molecule has 0 aromatic heterocycles. The fraction of sp³-hybridized carbons (Fsp3) is 0.812. The van der Waals surface area contributed by atoms with E-state index in [9.17, 15) is 4.79 Å². The van der Waals surface area contributed by atoms with Gasteiger partial charge < -0.3 is 14.3 Å². The zero-order valence-electron chi connectivity index (χ0n) is 13.2. The Morgan fingerprint density at radius 3 is 2.21 bits per heavy atom. The largest absolute Gasteiger partial charge is 0.375 e. The first kappa shape index (κ1) is 16.4. The molecule has 0 aromatic rings. The van der Waals surface area contributed by atoms with Crippen LogP contribution in [0.4, 0.5) is 0 Å². The van der Waals surface area contributed by atoms with Crippen molar-refractivity contribution < 1.29 is 14.3 Å². The summed E-state index contributed by atoms with van der Waals surface area (Å²) in [4.78, 5) is 11.1. The van der Waals surface area contributed by atoms with Crippen LogP contribution in [0.2, 0.25) is 0 Å². The lowest BCUT2D eigenvalue weighted by Gasteiger charge is -2.30. The zero-order valence-corrected chi connectivity index (χ0v) is 13.2. The number of rotatable bonds is 4. The van der Waals surface area contributed by atoms with Gasteiger partial charge in [-0.05, 0) is 48.0 Å². The average molecular weight is 268 g/mol. The molecule has 3 heteroatoms. The Balaban J connectivity index is 2.76. The van der Waals surface area contributed by atoms with Crippen LogP contribution >= 0.6 is 0 Å². The molecular weight excluding hydrogens is 240 g/mol. The van der Waals surface area contributed by atoms with Gasteiger partial charge in [-0.1, -0.05) is 12.2 Å². The third-order valence-electron chi connectivity index (χ3n) is 3.25. The van der Waals surface area contributed by atoms with Crippen molar-refractivity contribution in [3.63, 3.8) is 0 Å². The van der Waals surface area contributed by atoms with Crippen molar-refractivity contribution in [3.8, 4) is 0 Å². The molecule has 2 unspecified atom stereocenters. The summed E-state index contributed by atoms with van der Waals surface area (Å²) in [6.07, 6.45) is 1.72. The van der Waals surface area contributed by atoms with Gasteiger partial charge in [0.05, 0.1) is 23.9 Å². The summed E-state index contributed by atoms with van der Waals surface area (Å²) in [6.45, 7) is 16.8. The van der Waals surface area contributed by atoms with E-state index in [1.165, 1.54) is 0 Å². The van der Waals surface area contributed by atoms with Gasteiger partial charge in [-0.3, -0.25) is 0 Å². The van der Waals surface area contributed by atoms with E-state index in [2.05, 4.69) is 6.58 Å². The summed E-state index contributed by atoms with van der Waals surface area (Å²) in [5, 5.41) is 0. The molecule has 0 aliphatic heterocycles. The molecule has 0 spiro atoms. The van der Waals surface area contributed by atoms with Gasteiger partial charge >= 0.3 is 0 Å². The van der Waals surface area contributed by atoms with E-state index in [1.807, 2.05) is 41.5 Å². The highest BCUT2D eigenvalue weighted by atomic mass is 16.5. The van der Waals surface area contributed by atoms with Crippen LogP contribution in [0.1, 0.15) is 48.0 Å². The molecule has 0 saturated heterocycles. The van der Waals surface area contributed by atoms with Gasteiger partial charge in [-0.2, -0.15) is 0 Å². The van der Waals surface area contributed by atoms with Crippen LogP contribution in [0.15, 0.2) is 12.2 Å². The lowest BCUT2D eigenvalue weighted by Crippen LogP contribution is -2.34. The minimum Gasteiger partial charge on any atom is -0.375 e. The lowest BCUT2D eigenvalue weighted by atomic mass is 9.99. The molecule has 19 heavy (non-hydrogen) atoms. The Hall–Kier alpha value is -0.670. The van der Waals surface area contributed by atoms with E-state index < -0.39 is 0 Å². The molecular formula is C16H28O3. The van der Waals surface area contributed by atoms with Crippen molar-refractivity contribution >= 4 is 6.29 Å². The first-order chi connectivity index (χ1) is 8.53. The fourth-order valence-electron chi connectivity index (χ4n) is 2.36. The second-order valence-electron chi connectivity index (χ2n) is 7.35. The number of carbonyl (C=O) groups is 1. The summed E-state index contributed by atoms with van der Waals surface area (Å²) in [6, 6.07) is 0. The highest BCUT2D eigenvalue weighted by Crippen LogP contribution is 2.39. The number of ether oxygens (including phenoxy) is 2. The van der Waals surface area contributed by atoms with Crippen LogP contribution in [-0.4, -0.2) is 30.2 Å². The molecule has 1 rings (SSSR count). The van der Waals surface area contributed by atoms with Gasteiger partial charge in [0.2, 0.25) is 0 Å². The van der Waals surface area contributed by atoms with E-state index in [0.717, 1.165) is 18.3 Å². The van der Waals surface area contributed by atoms with Crippen LogP contribution in [0.3, 0.4) is 0 Å². The van der Waals surface area contributed by atoms with Crippen LogP contribution in [0, 0.1) is 11.8 Å². The summed E-state index contributed by atoms with van der Waals surface area (Å²) in [7, 11) is 0. The van der Waals surface area contributed by atoms with Crippen molar-refractivity contribution in [1.82, 2.24) is 0 Å². The van der Waals surface area contributed by atoms with Crippen molar-refractivity contribution in [1.29, 1.82) is 0 Å². The first-order valence-corrected chi connectivity index (χ1v) is 6.99. The number of carbonyl (C=O) groups excluding carboxylic acids is 1. The van der Waals surface area contributed by atoms with E-state index in [4.69, 9.17) is 9.47 Å². The number of hydrogen-bond donors (Lipinski definition) is 0. The minimum atomic E-state index is -0.220. The third-order valence-corrected chi connectivity index (χ3v) is 3.25. The maximum Gasteiger partial charge on any atom is 0.127 e. The fourth-order valence-corrected chi connectivity index (χ4v) is 2.36. The standard InChI is InChI=1S/C16H28O3/c1-11-12(9-17)8-14(19-16(5,6)7)13(11)10-18-15(2,3)4/h9,12-14H,1,8,10H2,2-7H3/t12?,13-,14?/m0/s1. The van der Waals surface area contributed by atoms with E-state index in [0.29, 0.717) is 6.61 Å².